The summed E-state index contributed by atoms with van der Waals surface area (Å²) >= 11 is 0. The molecule has 1 aliphatic heterocycles. The van der Waals surface area contributed by atoms with E-state index in [4.69, 9.17) is 0 Å². The second-order valence-corrected chi connectivity index (χ2v) is 7.21. The summed E-state index contributed by atoms with van der Waals surface area (Å²) in [4.78, 5) is 15.4. The molecule has 0 unspecified atom stereocenters. The number of rotatable bonds is 4. The van der Waals surface area contributed by atoms with Crippen molar-refractivity contribution < 1.29 is 18.0 Å². The van der Waals surface area contributed by atoms with E-state index in [1.54, 1.807) is 20.2 Å². The minimum absolute atomic E-state index is 0.0621. The van der Waals surface area contributed by atoms with Gasteiger partial charge in [0.15, 0.2) is 0 Å². The van der Waals surface area contributed by atoms with Crippen LogP contribution in [-0.4, -0.2) is 49.1 Å². The molecule has 1 fully saturated rings. The number of carbonyl (C=O) groups excluding carboxylic acids is 1. The van der Waals surface area contributed by atoms with Crippen LogP contribution >= 0.6 is 0 Å². The molecule has 1 heterocycles. The molecule has 0 radical (unpaired) electrons. The van der Waals surface area contributed by atoms with Gasteiger partial charge in [-0.05, 0) is 23.5 Å². The van der Waals surface area contributed by atoms with Crippen LogP contribution in [0.5, 0.6) is 0 Å². The van der Waals surface area contributed by atoms with E-state index in [0.717, 1.165) is 6.07 Å². The lowest BCUT2D eigenvalue weighted by Crippen LogP contribution is -2.46. The molecule has 140 valence electrons. The highest BCUT2D eigenvalue weighted by Crippen LogP contribution is 2.33. The van der Waals surface area contributed by atoms with E-state index < -0.39 is 11.7 Å². The molecule has 1 aromatic rings. The summed E-state index contributed by atoms with van der Waals surface area (Å²) in [6.07, 6.45) is -4.35. The Morgan fingerprint density at radius 3 is 2.48 bits per heavy atom. The summed E-state index contributed by atoms with van der Waals surface area (Å²) in [7, 11) is 3.35. The monoisotopic (exact) mass is 357 g/mol. The van der Waals surface area contributed by atoms with Crippen molar-refractivity contribution in [2.24, 2.45) is 11.8 Å². The maximum absolute atomic E-state index is 13.2. The van der Waals surface area contributed by atoms with Gasteiger partial charge in [0.1, 0.15) is 0 Å². The first-order valence-corrected chi connectivity index (χ1v) is 8.45. The number of benzene rings is 1. The van der Waals surface area contributed by atoms with Crippen molar-refractivity contribution in [3.63, 3.8) is 0 Å². The number of urea groups is 1. The summed E-state index contributed by atoms with van der Waals surface area (Å²) < 4.78 is 39.6. The van der Waals surface area contributed by atoms with Crippen LogP contribution < -0.4 is 5.32 Å². The van der Waals surface area contributed by atoms with E-state index in [-0.39, 0.29) is 30.1 Å². The zero-order valence-corrected chi connectivity index (χ0v) is 15.1. The zero-order valence-electron chi connectivity index (χ0n) is 15.1. The highest BCUT2D eigenvalue weighted by molar-refractivity contribution is 5.73. The number of likely N-dealkylation sites (tertiary alicyclic amines) is 1. The number of hydrogen-bond donors (Lipinski definition) is 1. The number of amides is 2. The van der Waals surface area contributed by atoms with Gasteiger partial charge in [-0.2, -0.15) is 13.2 Å². The lowest BCUT2D eigenvalue weighted by molar-refractivity contribution is -0.138. The lowest BCUT2D eigenvalue weighted by Gasteiger charge is -2.24. The van der Waals surface area contributed by atoms with E-state index in [2.05, 4.69) is 19.2 Å². The molecule has 2 atom stereocenters. The highest BCUT2D eigenvalue weighted by atomic mass is 19.4. The van der Waals surface area contributed by atoms with E-state index in [1.165, 1.54) is 17.0 Å². The van der Waals surface area contributed by atoms with Gasteiger partial charge in [-0.15, -0.1) is 0 Å². The van der Waals surface area contributed by atoms with E-state index in [9.17, 15) is 18.0 Å². The first-order valence-electron chi connectivity index (χ1n) is 8.45. The predicted molar refractivity (Wildman–Crippen MR) is 91.1 cm³/mol. The van der Waals surface area contributed by atoms with Gasteiger partial charge < -0.3 is 10.2 Å². The summed E-state index contributed by atoms with van der Waals surface area (Å²) in [5.41, 5.74) is -0.311. The molecular weight excluding hydrogens is 331 g/mol. The largest absolute Gasteiger partial charge is 0.416 e. The zero-order chi connectivity index (χ0) is 18.8. The molecule has 1 saturated heterocycles. The topological polar surface area (TPSA) is 35.6 Å². The van der Waals surface area contributed by atoms with Gasteiger partial charge >= 0.3 is 12.2 Å². The Hall–Kier alpha value is -1.76. The second kappa shape index (κ2) is 7.64. The smallest absolute Gasteiger partial charge is 0.334 e. The first-order chi connectivity index (χ1) is 11.6. The van der Waals surface area contributed by atoms with Gasteiger partial charge in [0.2, 0.25) is 0 Å². The summed E-state index contributed by atoms with van der Waals surface area (Å²) in [6, 6.07) is 5.45. The van der Waals surface area contributed by atoms with E-state index in [0.29, 0.717) is 19.0 Å². The Labute approximate surface area is 147 Å². The van der Waals surface area contributed by atoms with Crippen LogP contribution in [0.3, 0.4) is 0 Å². The third-order valence-electron chi connectivity index (χ3n) is 4.73. The average Bonchev–Trinajstić information content (AvgIpc) is 2.89. The van der Waals surface area contributed by atoms with Crippen molar-refractivity contribution in [1.29, 1.82) is 0 Å². The Bertz CT molecular complexity index is 601. The van der Waals surface area contributed by atoms with E-state index in [1.807, 2.05) is 4.90 Å². The minimum atomic E-state index is -4.35. The molecule has 1 N–H and O–H groups in total. The summed E-state index contributed by atoms with van der Waals surface area (Å²) in [6.45, 7) is 5.60. The van der Waals surface area contributed by atoms with Crippen molar-refractivity contribution in [2.75, 3.05) is 27.2 Å². The van der Waals surface area contributed by atoms with Crippen LogP contribution in [-0.2, 0) is 12.7 Å². The van der Waals surface area contributed by atoms with Gasteiger partial charge in [0.05, 0.1) is 5.56 Å². The molecule has 0 spiro atoms. The van der Waals surface area contributed by atoms with Crippen molar-refractivity contribution >= 4 is 6.03 Å². The number of nitrogens with zero attached hydrogens (tertiary/aromatic N) is 2. The van der Waals surface area contributed by atoms with Crippen molar-refractivity contribution in [3.8, 4) is 0 Å². The molecule has 0 aliphatic carbocycles. The molecule has 2 rings (SSSR count). The van der Waals surface area contributed by atoms with Gasteiger partial charge in [-0.25, -0.2) is 4.79 Å². The predicted octanol–water partition coefficient (Wildman–Crippen LogP) is 3.43. The van der Waals surface area contributed by atoms with Crippen molar-refractivity contribution in [1.82, 2.24) is 15.1 Å². The van der Waals surface area contributed by atoms with Crippen LogP contribution in [0.25, 0.3) is 0 Å². The molecule has 7 heteroatoms. The second-order valence-electron chi connectivity index (χ2n) is 7.21. The average molecular weight is 357 g/mol. The highest BCUT2D eigenvalue weighted by Gasteiger charge is 2.38. The Balaban J connectivity index is 2.13. The fraction of sp³-hybridized carbons (Fsp3) is 0.611. The Kier molecular flexibility index (Phi) is 5.98. The minimum Gasteiger partial charge on any atom is -0.334 e. The fourth-order valence-corrected chi connectivity index (χ4v) is 3.33. The van der Waals surface area contributed by atoms with Crippen LogP contribution in [0.1, 0.15) is 25.0 Å². The number of hydrogen-bond acceptors (Lipinski definition) is 2. The molecule has 0 aromatic heterocycles. The van der Waals surface area contributed by atoms with Gasteiger partial charge in [-0.1, -0.05) is 32.0 Å². The molecule has 1 aromatic carbocycles. The third kappa shape index (κ3) is 4.87. The number of alkyl halides is 3. The summed E-state index contributed by atoms with van der Waals surface area (Å²) in [5.74, 6) is 0.539. The normalized spacial score (nSPS) is 21.6. The van der Waals surface area contributed by atoms with Crippen molar-refractivity contribution in [2.45, 2.75) is 32.6 Å². The molecule has 4 nitrogen and oxygen atoms in total. The Morgan fingerprint density at radius 1 is 1.28 bits per heavy atom. The lowest BCUT2D eigenvalue weighted by atomic mass is 9.91. The van der Waals surface area contributed by atoms with Gasteiger partial charge in [0, 0.05) is 39.8 Å². The van der Waals surface area contributed by atoms with Crippen LogP contribution in [0, 0.1) is 11.8 Å². The molecule has 0 saturated carbocycles. The maximum atomic E-state index is 13.2. The first kappa shape index (κ1) is 19.6. The molecule has 2 amide bonds. The van der Waals surface area contributed by atoms with E-state index >= 15 is 0 Å². The van der Waals surface area contributed by atoms with Crippen molar-refractivity contribution in [3.05, 3.63) is 35.4 Å². The quantitative estimate of drug-likeness (QED) is 0.896. The number of nitrogens with one attached hydrogen (secondary N) is 1. The van der Waals surface area contributed by atoms with Crippen LogP contribution in [0.2, 0.25) is 0 Å². The van der Waals surface area contributed by atoms with Gasteiger partial charge in [-0.3, -0.25) is 4.90 Å². The van der Waals surface area contributed by atoms with Crippen LogP contribution in [0.4, 0.5) is 18.0 Å². The number of carbonyl (C=O) groups is 1. The van der Waals surface area contributed by atoms with Gasteiger partial charge in [0.25, 0.3) is 0 Å². The maximum Gasteiger partial charge on any atom is 0.416 e. The third-order valence-corrected chi connectivity index (χ3v) is 4.73. The Morgan fingerprint density at radius 2 is 1.92 bits per heavy atom. The number of halogens is 3. The van der Waals surface area contributed by atoms with Crippen LogP contribution in [0.15, 0.2) is 24.3 Å². The summed E-state index contributed by atoms with van der Waals surface area (Å²) in [5, 5.41) is 2.99. The molecular formula is C18H26F3N3O. The fourth-order valence-electron chi connectivity index (χ4n) is 3.33. The molecule has 1 aliphatic rings. The molecule has 25 heavy (non-hydrogen) atoms. The standard InChI is InChI=1S/C18H26F3N3O/c1-12(2)14-10-24(11-16(14)22-17(25)23(3)4)9-13-7-5-6-8-15(13)18(19,20)21/h5-8,12,14,16H,9-11H2,1-4H3,(H,22,25)/t14-,16+/m0/s1. The molecule has 0 bridgehead atoms. The SMILES string of the molecule is CC(C)[C@@H]1CN(Cc2ccccc2C(F)(F)F)C[C@H]1NC(=O)N(C)C.